The lowest BCUT2D eigenvalue weighted by Gasteiger charge is -2.29. The Labute approximate surface area is 113 Å². The fourth-order valence-electron chi connectivity index (χ4n) is 2.23. The largest absolute Gasteiger partial charge is 0.341 e. The highest BCUT2D eigenvalue weighted by Gasteiger charge is 2.23. The van der Waals surface area contributed by atoms with E-state index in [4.69, 9.17) is 0 Å². The molecule has 0 unspecified atom stereocenters. The SMILES string of the molecule is C[C@@H](NC(=O)c1ccncc1)C(=O)N1CCCCC1. The molecule has 1 N–H and O–H groups in total. The Kier molecular flexibility index (Phi) is 4.49. The molecule has 0 spiro atoms. The molecule has 1 aromatic rings. The lowest BCUT2D eigenvalue weighted by Crippen LogP contribution is -2.48. The maximum atomic E-state index is 12.2. The molecule has 1 fully saturated rings. The highest BCUT2D eigenvalue weighted by molar-refractivity contribution is 5.97. The molecule has 0 aliphatic carbocycles. The van der Waals surface area contributed by atoms with Crippen LogP contribution in [-0.2, 0) is 4.79 Å². The Bertz CT molecular complexity index is 441. The second-order valence-electron chi connectivity index (χ2n) is 4.82. The van der Waals surface area contributed by atoms with Gasteiger partial charge in [-0.2, -0.15) is 0 Å². The predicted octanol–water partition coefficient (Wildman–Crippen LogP) is 1.21. The Balaban J connectivity index is 1.91. The van der Waals surface area contributed by atoms with Gasteiger partial charge in [-0.05, 0) is 38.3 Å². The number of piperidine rings is 1. The number of amides is 2. The quantitative estimate of drug-likeness (QED) is 0.889. The minimum absolute atomic E-state index is 0.00195. The lowest BCUT2D eigenvalue weighted by atomic mass is 10.1. The summed E-state index contributed by atoms with van der Waals surface area (Å²) in [6, 6.07) is 2.78. The van der Waals surface area contributed by atoms with Gasteiger partial charge in [-0.3, -0.25) is 14.6 Å². The zero-order chi connectivity index (χ0) is 13.7. The van der Waals surface area contributed by atoms with E-state index in [1.807, 2.05) is 4.90 Å². The number of aromatic nitrogens is 1. The number of hydrogen-bond acceptors (Lipinski definition) is 3. The maximum absolute atomic E-state index is 12.2. The van der Waals surface area contributed by atoms with E-state index in [-0.39, 0.29) is 11.8 Å². The summed E-state index contributed by atoms with van der Waals surface area (Å²) in [5, 5.41) is 2.74. The number of nitrogens with zero attached hydrogens (tertiary/aromatic N) is 2. The molecule has 0 radical (unpaired) electrons. The van der Waals surface area contributed by atoms with Crippen molar-refractivity contribution < 1.29 is 9.59 Å². The number of nitrogens with one attached hydrogen (secondary N) is 1. The number of pyridine rings is 1. The van der Waals surface area contributed by atoms with E-state index in [1.54, 1.807) is 31.5 Å². The third-order valence-electron chi connectivity index (χ3n) is 3.33. The van der Waals surface area contributed by atoms with Crippen LogP contribution in [0.25, 0.3) is 0 Å². The van der Waals surface area contributed by atoms with Gasteiger partial charge in [0.15, 0.2) is 0 Å². The zero-order valence-electron chi connectivity index (χ0n) is 11.1. The Morgan fingerprint density at radius 1 is 1.21 bits per heavy atom. The highest BCUT2D eigenvalue weighted by Crippen LogP contribution is 2.10. The molecule has 5 heteroatoms. The maximum Gasteiger partial charge on any atom is 0.252 e. The zero-order valence-corrected chi connectivity index (χ0v) is 11.1. The van der Waals surface area contributed by atoms with Crippen molar-refractivity contribution in [3.05, 3.63) is 30.1 Å². The predicted molar refractivity (Wildman–Crippen MR) is 71.6 cm³/mol. The molecule has 2 rings (SSSR count). The number of hydrogen-bond donors (Lipinski definition) is 1. The molecule has 102 valence electrons. The van der Waals surface area contributed by atoms with Gasteiger partial charge >= 0.3 is 0 Å². The van der Waals surface area contributed by atoms with Crippen molar-refractivity contribution in [2.24, 2.45) is 0 Å². The highest BCUT2D eigenvalue weighted by atomic mass is 16.2. The smallest absolute Gasteiger partial charge is 0.252 e. The van der Waals surface area contributed by atoms with Crippen LogP contribution in [-0.4, -0.2) is 40.8 Å². The molecule has 1 aromatic heterocycles. The Hall–Kier alpha value is -1.91. The van der Waals surface area contributed by atoms with E-state index < -0.39 is 6.04 Å². The van der Waals surface area contributed by atoms with Crippen molar-refractivity contribution in [2.45, 2.75) is 32.2 Å². The van der Waals surface area contributed by atoms with Crippen molar-refractivity contribution >= 4 is 11.8 Å². The van der Waals surface area contributed by atoms with E-state index in [0.717, 1.165) is 25.9 Å². The van der Waals surface area contributed by atoms with Crippen molar-refractivity contribution in [3.8, 4) is 0 Å². The van der Waals surface area contributed by atoms with E-state index in [1.165, 1.54) is 6.42 Å². The summed E-state index contributed by atoms with van der Waals surface area (Å²) in [4.78, 5) is 29.8. The number of carbonyl (C=O) groups excluding carboxylic acids is 2. The molecular formula is C14H19N3O2. The van der Waals surface area contributed by atoms with Crippen LogP contribution in [0.5, 0.6) is 0 Å². The van der Waals surface area contributed by atoms with Crippen LogP contribution < -0.4 is 5.32 Å². The molecule has 0 bridgehead atoms. The minimum atomic E-state index is -0.487. The summed E-state index contributed by atoms with van der Waals surface area (Å²) in [6.07, 6.45) is 6.41. The first-order valence-electron chi connectivity index (χ1n) is 6.68. The first-order valence-corrected chi connectivity index (χ1v) is 6.68. The number of rotatable bonds is 3. The Morgan fingerprint density at radius 2 is 1.84 bits per heavy atom. The molecular weight excluding hydrogens is 242 g/mol. The van der Waals surface area contributed by atoms with E-state index in [0.29, 0.717) is 5.56 Å². The van der Waals surface area contributed by atoms with Crippen molar-refractivity contribution in [2.75, 3.05) is 13.1 Å². The van der Waals surface area contributed by atoms with Gasteiger partial charge < -0.3 is 10.2 Å². The summed E-state index contributed by atoms with van der Waals surface area (Å²) in [5.74, 6) is -0.234. The summed E-state index contributed by atoms with van der Waals surface area (Å²) in [6.45, 7) is 3.33. The molecule has 2 amide bonds. The third kappa shape index (κ3) is 3.53. The van der Waals surface area contributed by atoms with Gasteiger partial charge in [-0.15, -0.1) is 0 Å². The molecule has 2 heterocycles. The number of likely N-dealkylation sites (tertiary alicyclic amines) is 1. The summed E-state index contributed by atoms with van der Waals surface area (Å²) in [7, 11) is 0. The number of carbonyl (C=O) groups is 2. The van der Waals surface area contributed by atoms with Crippen LogP contribution in [0.3, 0.4) is 0 Å². The molecule has 1 saturated heterocycles. The second-order valence-corrected chi connectivity index (χ2v) is 4.82. The first-order chi connectivity index (χ1) is 9.18. The van der Waals surface area contributed by atoms with Crippen LogP contribution >= 0.6 is 0 Å². The van der Waals surface area contributed by atoms with E-state index >= 15 is 0 Å². The molecule has 19 heavy (non-hydrogen) atoms. The first kappa shape index (κ1) is 13.5. The van der Waals surface area contributed by atoms with Crippen molar-refractivity contribution in [1.29, 1.82) is 0 Å². The van der Waals surface area contributed by atoms with Gasteiger partial charge in [0.1, 0.15) is 6.04 Å². The summed E-state index contributed by atoms with van der Waals surface area (Å²) in [5.41, 5.74) is 0.522. The fourth-order valence-corrected chi connectivity index (χ4v) is 2.23. The van der Waals surface area contributed by atoms with Gasteiger partial charge in [0, 0.05) is 31.0 Å². The monoisotopic (exact) mass is 261 g/mol. The fraction of sp³-hybridized carbons (Fsp3) is 0.500. The van der Waals surface area contributed by atoms with Crippen molar-refractivity contribution in [1.82, 2.24) is 15.2 Å². The van der Waals surface area contributed by atoms with Gasteiger partial charge in [0.05, 0.1) is 0 Å². The molecule has 0 saturated carbocycles. The second kappa shape index (κ2) is 6.31. The van der Waals surface area contributed by atoms with Gasteiger partial charge in [0.25, 0.3) is 5.91 Å². The normalized spacial score (nSPS) is 16.8. The van der Waals surface area contributed by atoms with Crippen LogP contribution in [0, 0.1) is 0 Å². The van der Waals surface area contributed by atoms with E-state index in [2.05, 4.69) is 10.3 Å². The van der Waals surface area contributed by atoms with Gasteiger partial charge in [-0.1, -0.05) is 0 Å². The van der Waals surface area contributed by atoms with E-state index in [9.17, 15) is 9.59 Å². The third-order valence-corrected chi connectivity index (χ3v) is 3.33. The standard InChI is InChI=1S/C14H19N3O2/c1-11(14(19)17-9-3-2-4-10-17)16-13(18)12-5-7-15-8-6-12/h5-8,11H,2-4,9-10H2,1H3,(H,16,18)/t11-/m1/s1. The molecule has 0 aromatic carbocycles. The summed E-state index contributed by atoms with van der Waals surface area (Å²) >= 11 is 0. The van der Waals surface area contributed by atoms with Gasteiger partial charge in [0.2, 0.25) is 5.91 Å². The minimum Gasteiger partial charge on any atom is -0.341 e. The molecule has 1 atom stereocenters. The average molecular weight is 261 g/mol. The van der Waals surface area contributed by atoms with Crippen LogP contribution in [0.2, 0.25) is 0 Å². The summed E-state index contributed by atoms with van der Waals surface area (Å²) < 4.78 is 0. The van der Waals surface area contributed by atoms with Crippen LogP contribution in [0.4, 0.5) is 0 Å². The lowest BCUT2D eigenvalue weighted by molar-refractivity contribution is -0.133. The Morgan fingerprint density at radius 3 is 2.47 bits per heavy atom. The molecule has 5 nitrogen and oxygen atoms in total. The van der Waals surface area contributed by atoms with Crippen LogP contribution in [0.1, 0.15) is 36.5 Å². The van der Waals surface area contributed by atoms with Gasteiger partial charge in [-0.25, -0.2) is 0 Å². The average Bonchev–Trinajstić information content (AvgIpc) is 2.48. The van der Waals surface area contributed by atoms with Crippen molar-refractivity contribution in [3.63, 3.8) is 0 Å². The molecule has 1 aliphatic heterocycles. The topological polar surface area (TPSA) is 62.3 Å². The van der Waals surface area contributed by atoms with Crippen LogP contribution in [0.15, 0.2) is 24.5 Å². The molecule has 1 aliphatic rings.